The van der Waals surface area contributed by atoms with E-state index in [4.69, 9.17) is 0 Å². The van der Waals surface area contributed by atoms with Crippen LogP contribution in [0.3, 0.4) is 0 Å². The van der Waals surface area contributed by atoms with E-state index in [1.807, 2.05) is 0 Å². The Labute approximate surface area is 114 Å². The maximum absolute atomic E-state index is 13.5. The van der Waals surface area contributed by atoms with E-state index in [1.165, 1.54) is 12.1 Å². The Bertz CT molecular complexity index is 676. The molecule has 8 heteroatoms. The lowest BCUT2D eigenvalue weighted by atomic mass is 10.1. The fourth-order valence-corrected chi connectivity index (χ4v) is 1.76. The molecule has 0 amide bonds. The van der Waals surface area contributed by atoms with E-state index in [1.54, 1.807) is 13.0 Å². The molecule has 0 spiro atoms. The van der Waals surface area contributed by atoms with Crippen molar-refractivity contribution in [3.05, 3.63) is 41.6 Å². The van der Waals surface area contributed by atoms with Gasteiger partial charge in [0.15, 0.2) is 0 Å². The Hall–Kier alpha value is -1.86. The molecule has 1 aromatic heterocycles. The molecular weight excluding hydrogens is 303 g/mol. The molecule has 0 N–H and O–H groups in total. The van der Waals surface area contributed by atoms with Gasteiger partial charge < -0.3 is 0 Å². The Balaban J connectivity index is 2.57. The van der Waals surface area contributed by atoms with E-state index < -0.39 is 23.7 Å². The molecule has 0 saturated heterocycles. The average Bonchev–Trinajstić information content (AvgIpc) is 2.36. The van der Waals surface area contributed by atoms with Crippen LogP contribution in [0.5, 0.6) is 0 Å². The second-order valence-corrected chi connectivity index (χ2v) is 4.54. The topological polar surface area (TPSA) is 12.9 Å². The molecule has 0 unspecified atom stereocenters. The van der Waals surface area contributed by atoms with Crippen LogP contribution in [0.25, 0.3) is 10.9 Å². The number of aromatic nitrogens is 1. The Kier molecular flexibility index (Phi) is 3.38. The van der Waals surface area contributed by atoms with Crippen molar-refractivity contribution in [3.8, 4) is 0 Å². The lowest BCUT2D eigenvalue weighted by Crippen LogP contribution is -2.50. The van der Waals surface area contributed by atoms with E-state index in [2.05, 4.69) is 4.98 Å². The first kappa shape index (κ1) is 15.5. The molecule has 2 rings (SSSR count). The third-order valence-electron chi connectivity index (χ3n) is 2.92. The molecule has 0 bridgehead atoms. The van der Waals surface area contributed by atoms with Gasteiger partial charge in [0, 0.05) is 5.39 Å². The molecule has 0 aliphatic rings. The first-order valence-corrected chi connectivity index (χ1v) is 5.67. The minimum atomic E-state index is -6.37. The molecular formula is C13H8F7N. The first-order valence-electron chi connectivity index (χ1n) is 5.67. The average molecular weight is 311 g/mol. The van der Waals surface area contributed by atoms with E-state index in [9.17, 15) is 30.7 Å². The van der Waals surface area contributed by atoms with Crippen LogP contribution in [-0.4, -0.2) is 17.1 Å². The number of pyridine rings is 1. The van der Waals surface area contributed by atoms with E-state index in [0.717, 1.165) is 11.6 Å². The molecule has 0 saturated carbocycles. The number of fused-ring (bicyclic) bond motifs is 1. The second-order valence-electron chi connectivity index (χ2n) is 4.54. The normalized spacial score (nSPS) is 13.7. The van der Waals surface area contributed by atoms with Crippen LogP contribution in [0.4, 0.5) is 30.7 Å². The summed E-state index contributed by atoms with van der Waals surface area (Å²) in [5, 5.41) is 0.366. The molecule has 0 aliphatic carbocycles. The molecule has 1 aromatic carbocycles. The molecule has 0 aliphatic heterocycles. The van der Waals surface area contributed by atoms with Gasteiger partial charge in [0.2, 0.25) is 0 Å². The van der Waals surface area contributed by atoms with Crippen LogP contribution in [0.2, 0.25) is 0 Å². The zero-order chi connectivity index (χ0) is 16.1. The highest BCUT2D eigenvalue weighted by atomic mass is 19.4. The maximum Gasteiger partial charge on any atom is 0.460 e. The number of nitrogens with zero attached hydrogens (tertiary/aromatic N) is 1. The summed E-state index contributed by atoms with van der Waals surface area (Å²) < 4.78 is 89.3. The monoisotopic (exact) mass is 311 g/mol. The summed E-state index contributed by atoms with van der Waals surface area (Å²) in [5.41, 5.74) is -0.943. The van der Waals surface area contributed by atoms with Crippen LogP contribution in [0, 0.1) is 6.92 Å². The highest BCUT2D eigenvalue weighted by molar-refractivity contribution is 5.79. The predicted molar refractivity (Wildman–Crippen MR) is 61.4 cm³/mol. The molecule has 21 heavy (non-hydrogen) atoms. The van der Waals surface area contributed by atoms with Crippen LogP contribution < -0.4 is 0 Å². The van der Waals surface area contributed by atoms with E-state index >= 15 is 0 Å². The van der Waals surface area contributed by atoms with Crippen molar-refractivity contribution in [2.75, 3.05) is 0 Å². The van der Waals surface area contributed by atoms with E-state index in [0.29, 0.717) is 11.5 Å². The maximum atomic E-state index is 13.5. The van der Waals surface area contributed by atoms with Crippen LogP contribution in [0.15, 0.2) is 30.3 Å². The quantitative estimate of drug-likeness (QED) is 0.724. The van der Waals surface area contributed by atoms with Crippen molar-refractivity contribution in [2.45, 2.75) is 24.9 Å². The summed E-state index contributed by atoms with van der Waals surface area (Å²) in [4.78, 5) is 3.24. The van der Waals surface area contributed by atoms with Gasteiger partial charge in [-0.1, -0.05) is 17.7 Å². The van der Waals surface area contributed by atoms with Crippen molar-refractivity contribution < 1.29 is 30.7 Å². The van der Waals surface area contributed by atoms with Crippen molar-refractivity contribution in [2.24, 2.45) is 0 Å². The number of hydrogen-bond acceptors (Lipinski definition) is 1. The van der Waals surface area contributed by atoms with Crippen molar-refractivity contribution in [3.63, 3.8) is 0 Å². The van der Waals surface area contributed by atoms with Crippen molar-refractivity contribution in [1.29, 1.82) is 0 Å². The summed E-state index contributed by atoms with van der Waals surface area (Å²) >= 11 is 0. The van der Waals surface area contributed by atoms with Gasteiger partial charge in [-0.2, -0.15) is 30.7 Å². The lowest BCUT2D eigenvalue weighted by molar-refractivity contribution is -0.360. The summed E-state index contributed by atoms with van der Waals surface area (Å²) in [5.74, 6) is -11.7. The highest BCUT2D eigenvalue weighted by Gasteiger charge is 2.74. The highest BCUT2D eigenvalue weighted by Crippen LogP contribution is 2.51. The van der Waals surface area contributed by atoms with Gasteiger partial charge in [-0.25, -0.2) is 4.98 Å². The fourth-order valence-electron chi connectivity index (χ4n) is 1.76. The summed E-state index contributed by atoms with van der Waals surface area (Å²) in [6.07, 6.45) is -6.37. The fraction of sp³-hybridized carbons (Fsp3) is 0.308. The number of rotatable bonds is 2. The van der Waals surface area contributed by atoms with Crippen LogP contribution >= 0.6 is 0 Å². The zero-order valence-electron chi connectivity index (χ0n) is 10.5. The molecule has 0 atom stereocenters. The minimum absolute atomic E-state index is 0.0873. The molecule has 1 heterocycles. The van der Waals surface area contributed by atoms with Gasteiger partial charge in [-0.15, -0.1) is 0 Å². The van der Waals surface area contributed by atoms with Gasteiger partial charge in [0.25, 0.3) is 0 Å². The molecule has 114 valence electrons. The summed E-state index contributed by atoms with van der Waals surface area (Å²) in [6.45, 7) is 1.71. The number of halogens is 7. The van der Waals surface area contributed by atoms with Gasteiger partial charge in [-0.05, 0) is 25.1 Å². The Morgan fingerprint density at radius 2 is 1.48 bits per heavy atom. The van der Waals surface area contributed by atoms with Gasteiger partial charge in [0.05, 0.1) is 5.52 Å². The molecule has 0 radical (unpaired) electrons. The number of alkyl halides is 7. The number of hydrogen-bond donors (Lipinski definition) is 0. The Morgan fingerprint density at radius 3 is 2.05 bits per heavy atom. The first-order chi connectivity index (χ1) is 9.47. The minimum Gasteiger partial charge on any atom is -0.246 e. The predicted octanol–water partition coefficient (Wildman–Crippen LogP) is 4.83. The van der Waals surface area contributed by atoms with Crippen molar-refractivity contribution in [1.82, 2.24) is 4.98 Å². The summed E-state index contributed by atoms with van der Waals surface area (Å²) in [7, 11) is 0. The number of benzene rings is 1. The van der Waals surface area contributed by atoms with Crippen LogP contribution in [0.1, 0.15) is 11.3 Å². The largest absolute Gasteiger partial charge is 0.460 e. The third kappa shape index (κ3) is 2.43. The van der Waals surface area contributed by atoms with Crippen LogP contribution in [-0.2, 0) is 5.92 Å². The molecule has 2 aromatic rings. The SMILES string of the molecule is Cc1ccc2nc(C(F)(F)C(F)(F)C(F)(F)F)ccc2c1. The second kappa shape index (κ2) is 4.57. The lowest BCUT2D eigenvalue weighted by Gasteiger charge is -2.27. The molecule has 0 fully saturated rings. The standard InChI is InChI=1S/C13H8F7N/c1-7-2-4-9-8(6-7)3-5-10(21-9)11(14,15)12(16,17)13(18,19)20/h2-6H,1H3. The molecule has 1 nitrogen and oxygen atoms in total. The smallest absolute Gasteiger partial charge is 0.246 e. The number of aryl methyl sites for hydroxylation is 1. The van der Waals surface area contributed by atoms with Gasteiger partial charge >= 0.3 is 18.0 Å². The van der Waals surface area contributed by atoms with Gasteiger partial charge in [0.1, 0.15) is 5.69 Å². The zero-order valence-corrected chi connectivity index (χ0v) is 10.5. The van der Waals surface area contributed by atoms with Crippen molar-refractivity contribution >= 4 is 10.9 Å². The third-order valence-corrected chi connectivity index (χ3v) is 2.92. The summed E-state index contributed by atoms with van der Waals surface area (Å²) in [6, 6.07) is 5.81. The Morgan fingerprint density at radius 1 is 0.857 bits per heavy atom. The van der Waals surface area contributed by atoms with E-state index in [-0.39, 0.29) is 5.52 Å². The van der Waals surface area contributed by atoms with Gasteiger partial charge in [-0.3, -0.25) is 0 Å².